The molecule has 16 heavy (non-hydrogen) atoms. The Morgan fingerprint density at radius 1 is 1.25 bits per heavy atom. The number of hydrogen-bond acceptors (Lipinski definition) is 2. The number of hydrogen-bond donors (Lipinski definition) is 1. The lowest BCUT2D eigenvalue weighted by atomic mass is 9.82. The van der Waals surface area contributed by atoms with Crippen LogP contribution in [0.1, 0.15) is 40.0 Å². The lowest BCUT2D eigenvalue weighted by Crippen LogP contribution is -2.25. The van der Waals surface area contributed by atoms with E-state index >= 15 is 0 Å². The van der Waals surface area contributed by atoms with Crippen LogP contribution < -0.4 is 5.73 Å². The van der Waals surface area contributed by atoms with E-state index in [4.69, 9.17) is 5.73 Å². The Bertz CT molecular complexity index is 190. The zero-order valence-electron chi connectivity index (χ0n) is 10.2. The predicted molar refractivity (Wildman–Crippen MR) is 58.2 cm³/mol. The number of alkyl halides is 3. The van der Waals surface area contributed by atoms with Crippen molar-refractivity contribution in [1.29, 1.82) is 0 Å². The van der Waals surface area contributed by atoms with Crippen molar-refractivity contribution in [3.8, 4) is 0 Å². The number of ether oxygens (including phenoxy) is 1. The van der Waals surface area contributed by atoms with Crippen molar-refractivity contribution in [2.24, 2.45) is 11.1 Å². The highest BCUT2D eigenvalue weighted by molar-refractivity contribution is 4.72. The van der Waals surface area contributed by atoms with Gasteiger partial charge in [-0.3, -0.25) is 0 Å². The first-order valence-electron chi connectivity index (χ1n) is 5.52. The highest BCUT2D eigenvalue weighted by Crippen LogP contribution is 2.27. The molecule has 0 aromatic rings. The summed E-state index contributed by atoms with van der Waals surface area (Å²) in [6.45, 7) is 5.07. The maximum Gasteiger partial charge on any atom is 0.411 e. The van der Waals surface area contributed by atoms with Crippen LogP contribution in [0.5, 0.6) is 0 Å². The van der Waals surface area contributed by atoms with E-state index in [2.05, 4.69) is 18.6 Å². The lowest BCUT2D eigenvalue weighted by molar-refractivity contribution is -0.174. The van der Waals surface area contributed by atoms with Crippen molar-refractivity contribution in [1.82, 2.24) is 0 Å². The maximum absolute atomic E-state index is 11.7. The highest BCUT2D eigenvalue weighted by atomic mass is 19.4. The van der Waals surface area contributed by atoms with Crippen LogP contribution in [0.4, 0.5) is 13.2 Å². The van der Waals surface area contributed by atoms with Gasteiger partial charge in [-0.1, -0.05) is 13.8 Å². The number of halogens is 3. The second-order valence-electron chi connectivity index (χ2n) is 5.12. The van der Waals surface area contributed by atoms with Gasteiger partial charge in [0, 0.05) is 12.6 Å². The SMILES string of the molecule is CC(N)CC(C)(C)CCCOCC(F)(F)F. The van der Waals surface area contributed by atoms with Gasteiger partial charge in [-0.2, -0.15) is 13.2 Å². The first kappa shape index (κ1) is 15.7. The Kier molecular flexibility index (Phi) is 6.33. The third-order valence-electron chi connectivity index (χ3n) is 2.28. The molecule has 0 aromatic heterocycles. The van der Waals surface area contributed by atoms with Crippen LogP contribution in [0.2, 0.25) is 0 Å². The van der Waals surface area contributed by atoms with Gasteiger partial charge in [0.25, 0.3) is 0 Å². The molecule has 0 rings (SSSR count). The molecular weight excluding hydrogens is 219 g/mol. The van der Waals surface area contributed by atoms with Gasteiger partial charge >= 0.3 is 6.18 Å². The molecule has 0 radical (unpaired) electrons. The normalized spacial score (nSPS) is 15.2. The van der Waals surface area contributed by atoms with Gasteiger partial charge in [0.05, 0.1) is 0 Å². The molecule has 0 saturated heterocycles. The fourth-order valence-electron chi connectivity index (χ4n) is 1.81. The molecule has 0 saturated carbocycles. The van der Waals surface area contributed by atoms with Crippen molar-refractivity contribution in [2.45, 2.75) is 52.3 Å². The van der Waals surface area contributed by atoms with E-state index < -0.39 is 12.8 Å². The van der Waals surface area contributed by atoms with E-state index in [1.54, 1.807) is 0 Å². The van der Waals surface area contributed by atoms with Gasteiger partial charge < -0.3 is 10.5 Å². The van der Waals surface area contributed by atoms with Gasteiger partial charge in [-0.05, 0) is 31.6 Å². The van der Waals surface area contributed by atoms with Gasteiger partial charge in [0.15, 0.2) is 0 Å². The van der Waals surface area contributed by atoms with Crippen molar-refractivity contribution in [2.75, 3.05) is 13.2 Å². The molecule has 1 atom stereocenters. The van der Waals surface area contributed by atoms with Crippen LogP contribution in [-0.2, 0) is 4.74 Å². The molecule has 1 unspecified atom stereocenters. The average Bonchev–Trinajstić information content (AvgIpc) is 1.98. The van der Waals surface area contributed by atoms with Gasteiger partial charge in [0.1, 0.15) is 6.61 Å². The quantitative estimate of drug-likeness (QED) is 0.695. The van der Waals surface area contributed by atoms with Gasteiger partial charge in [0.2, 0.25) is 0 Å². The monoisotopic (exact) mass is 241 g/mol. The Labute approximate surface area is 95.3 Å². The first-order chi connectivity index (χ1) is 7.12. The molecule has 0 spiro atoms. The summed E-state index contributed by atoms with van der Waals surface area (Å²) in [4.78, 5) is 0. The summed E-state index contributed by atoms with van der Waals surface area (Å²) in [5, 5.41) is 0. The topological polar surface area (TPSA) is 35.2 Å². The molecule has 2 nitrogen and oxygen atoms in total. The second kappa shape index (κ2) is 6.45. The van der Waals surface area contributed by atoms with Crippen molar-refractivity contribution in [3.05, 3.63) is 0 Å². The van der Waals surface area contributed by atoms with E-state index in [1.165, 1.54) is 0 Å². The fraction of sp³-hybridized carbons (Fsp3) is 1.00. The van der Waals surface area contributed by atoms with Crippen molar-refractivity contribution in [3.63, 3.8) is 0 Å². The fourth-order valence-corrected chi connectivity index (χ4v) is 1.81. The molecular formula is C11H22F3NO. The van der Waals surface area contributed by atoms with Crippen LogP contribution in [0.25, 0.3) is 0 Å². The molecule has 98 valence electrons. The zero-order valence-corrected chi connectivity index (χ0v) is 10.2. The van der Waals surface area contributed by atoms with Gasteiger partial charge in [-0.15, -0.1) is 0 Å². The summed E-state index contributed by atoms with van der Waals surface area (Å²) in [6, 6.07) is 0.117. The smallest absolute Gasteiger partial charge is 0.372 e. The number of rotatable bonds is 7. The molecule has 0 aromatic carbocycles. The maximum atomic E-state index is 11.7. The van der Waals surface area contributed by atoms with E-state index in [9.17, 15) is 13.2 Å². The Morgan fingerprint density at radius 3 is 2.25 bits per heavy atom. The van der Waals surface area contributed by atoms with Gasteiger partial charge in [-0.25, -0.2) is 0 Å². The Morgan fingerprint density at radius 2 is 1.81 bits per heavy atom. The summed E-state index contributed by atoms with van der Waals surface area (Å²) < 4.78 is 39.8. The molecule has 2 N–H and O–H groups in total. The zero-order chi connectivity index (χ0) is 12.8. The molecule has 0 heterocycles. The Hall–Kier alpha value is -0.290. The van der Waals surface area contributed by atoms with E-state index in [-0.39, 0.29) is 18.1 Å². The number of nitrogens with two attached hydrogens (primary N) is 1. The van der Waals surface area contributed by atoms with Crippen molar-refractivity contribution < 1.29 is 17.9 Å². The minimum absolute atomic E-state index is 0.0652. The average molecular weight is 241 g/mol. The molecule has 0 aliphatic rings. The van der Waals surface area contributed by atoms with Crippen LogP contribution >= 0.6 is 0 Å². The first-order valence-corrected chi connectivity index (χ1v) is 5.52. The third-order valence-corrected chi connectivity index (χ3v) is 2.28. The molecule has 0 aliphatic carbocycles. The van der Waals surface area contributed by atoms with E-state index in [0.29, 0.717) is 6.42 Å². The molecule has 0 fully saturated rings. The summed E-state index contributed by atoms with van der Waals surface area (Å²) in [6.07, 6.45) is -1.89. The van der Waals surface area contributed by atoms with Crippen LogP contribution in [0.15, 0.2) is 0 Å². The van der Waals surface area contributed by atoms with E-state index in [1.807, 2.05) is 6.92 Å². The molecule has 5 heteroatoms. The standard InChI is InChI=1S/C11H22F3NO/c1-9(15)7-10(2,3)5-4-6-16-8-11(12,13)14/h9H,4-8,15H2,1-3H3. The Balaban J connectivity index is 3.58. The lowest BCUT2D eigenvalue weighted by Gasteiger charge is -2.26. The molecule has 0 amide bonds. The second-order valence-corrected chi connectivity index (χ2v) is 5.12. The largest absolute Gasteiger partial charge is 0.411 e. The summed E-state index contributed by atoms with van der Waals surface area (Å²) in [7, 11) is 0. The van der Waals surface area contributed by atoms with E-state index in [0.717, 1.165) is 12.8 Å². The van der Waals surface area contributed by atoms with Crippen molar-refractivity contribution >= 4 is 0 Å². The summed E-state index contributed by atoms with van der Waals surface area (Å²) in [5.74, 6) is 0. The minimum atomic E-state index is -4.22. The third kappa shape index (κ3) is 10.2. The molecule has 0 bridgehead atoms. The highest BCUT2D eigenvalue weighted by Gasteiger charge is 2.27. The molecule has 0 aliphatic heterocycles. The van der Waals surface area contributed by atoms with Crippen LogP contribution in [0, 0.1) is 5.41 Å². The minimum Gasteiger partial charge on any atom is -0.372 e. The predicted octanol–water partition coefficient (Wildman–Crippen LogP) is 3.11. The summed E-state index contributed by atoms with van der Waals surface area (Å²) >= 11 is 0. The van der Waals surface area contributed by atoms with Crippen LogP contribution in [-0.4, -0.2) is 25.4 Å². The van der Waals surface area contributed by atoms with Crippen LogP contribution in [0.3, 0.4) is 0 Å². The summed E-state index contributed by atoms with van der Waals surface area (Å²) in [5.41, 5.74) is 5.75.